The van der Waals surface area contributed by atoms with Gasteiger partial charge in [0.15, 0.2) is 0 Å². The van der Waals surface area contributed by atoms with E-state index in [1.807, 2.05) is 7.11 Å². The minimum absolute atomic E-state index is 0.0704. The van der Waals surface area contributed by atoms with Crippen LogP contribution in [0.2, 0.25) is 0 Å². The van der Waals surface area contributed by atoms with E-state index in [9.17, 15) is 0 Å². The molecule has 0 bridgehead atoms. The van der Waals surface area contributed by atoms with Crippen molar-refractivity contribution < 1.29 is 4.74 Å². The SMILES string of the molecule is COC1C(C(C)C)=CC(C)=C(c2ccccc2C(C)C)C1(C(C)C)P(C(C)(C)C)C(C)(C)C. The molecule has 1 aromatic rings. The average molecular weight is 471 g/mol. The van der Waals surface area contributed by atoms with Crippen LogP contribution in [0.25, 0.3) is 5.57 Å². The van der Waals surface area contributed by atoms with E-state index in [0.29, 0.717) is 17.8 Å². The number of hydrogen-bond donors (Lipinski definition) is 0. The lowest BCUT2D eigenvalue weighted by Gasteiger charge is -2.61. The maximum Gasteiger partial charge on any atom is 0.0925 e. The van der Waals surface area contributed by atoms with Crippen LogP contribution in [-0.4, -0.2) is 28.7 Å². The first-order valence-electron chi connectivity index (χ1n) is 12.9. The summed E-state index contributed by atoms with van der Waals surface area (Å²) < 4.78 is 6.63. The van der Waals surface area contributed by atoms with E-state index in [1.54, 1.807) is 0 Å². The van der Waals surface area contributed by atoms with E-state index >= 15 is 0 Å². The summed E-state index contributed by atoms with van der Waals surface area (Å²) in [6.07, 6.45) is 2.53. The fourth-order valence-corrected chi connectivity index (χ4v) is 12.5. The molecule has 1 aliphatic rings. The molecule has 2 unspecified atom stereocenters. The topological polar surface area (TPSA) is 9.23 Å². The molecule has 33 heavy (non-hydrogen) atoms. The molecule has 2 heteroatoms. The van der Waals surface area contributed by atoms with Gasteiger partial charge in [0.1, 0.15) is 0 Å². The van der Waals surface area contributed by atoms with Gasteiger partial charge in [-0.05, 0) is 62.8 Å². The van der Waals surface area contributed by atoms with Crippen molar-refractivity contribution in [3.05, 3.63) is 52.6 Å². The number of methoxy groups -OCH3 is 1. The molecule has 186 valence electrons. The summed E-state index contributed by atoms with van der Waals surface area (Å²) in [7, 11) is 1.42. The Balaban J connectivity index is 3.19. The van der Waals surface area contributed by atoms with Gasteiger partial charge in [-0.25, -0.2) is 0 Å². The van der Waals surface area contributed by atoms with Crippen molar-refractivity contribution >= 4 is 13.5 Å². The summed E-state index contributed by atoms with van der Waals surface area (Å²) in [5.74, 6) is 1.35. The van der Waals surface area contributed by atoms with Gasteiger partial charge in [-0.15, -0.1) is 0 Å². The third-order valence-electron chi connectivity index (χ3n) is 7.23. The van der Waals surface area contributed by atoms with Gasteiger partial charge < -0.3 is 4.74 Å². The largest absolute Gasteiger partial charge is 0.376 e. The lowest BCUT2D eigenvalue weighted by Crippen LogP contribution is -2.56. The van der Waals surface area contributed by atoms with E-state index in [0.717, 1.165) is 0 Å². The van der Waals surface area contributed by atoms with Crippen molar-refractivity contribution in [2.75, 3.05) is 7.11 Å². The van der Waals surface area contributed by atoms with Crippen molar-refractivity contribution in [2.45, 2.75) is 117 Å². The lowest BCUT2D eigenvalue weighted by molar-refractivity contribution is 0.0866. The second-order valence-electron chi connectivity index (χ2n) is 12.9. The Morgan fingerprint density at radius 1 is 0.848 bits per heavy atom. The Hall–Kier alpha value is -0.910. The summed E-state index contributed by atoms with van der Waals surface area (Å²) in [5.41, 5.74) is 7.30. The van der Waals surface area contributed by atoms with Crippen molar-refractivity contribution in [3.63, 3.8) is 0 Å². The highest BCUT2D eigenvalue weighted by Crippen LogP contribution is 2.76. The second kappa shape index (κ2) is 9.99. The third-order valence-corrected chi connectivity index (χ3v) is 11.6. The van der Waals surface area contributed by atoms with Crippen molar-refractivity contribution in [1.29, 1.82) is 0 Å². The molecule has 0 saturated carbocycles. The summed E-state index contributed by atoms with van der Waals surface area (Å²) in [5, 5.41) is 0.225. The summed E-state index contributed by atoms with van der Waals surface area (Å²) in [6.45, 7) is 31.4. The monoisotopic (exact) mass is 470 g/mol. The van der Waals surface area contributed by atoms with Crippen LogP contribution in [0.15, 0.2) is 41.5 Å². The molecule has 1 aromatic carbocycles. The van der Waals surface area contributed by atoms with Gasteiger partial charge in [-0.3, -0.25) is 0 Å². The van der Waals surface area contributed by atoms with Crippen LogP contribution in [0, 0.1) is 11.8 Å². The Bertz CT molecular complexity index is 874. The standard InChI is InChI=1S/C31H51OP/c1-20(2)24-17-15-16-18-25(24)27-23(7)19-26(21(3)4)28(32-14)31(27,22(5)6)33(29(8,9)10)30(11,12)13/h15-22,28H,1-14H3. The molecule has 1 aliphatic carbocycles. The molecule has 1 nitrogen and oxygen atoms in total. The number of benzene rings is 1. The van der Waals surface area contributed by atoms with Crippen LogP contribution in [0.5, 0.6) is 0 Å². The maximum absolute atomic E-state index is 6.63. The van der Waals surface area contributed by atoms with Gasteiger partial charge in [0.05, 0.1) is 6.10 Å². The Morgan fingerprint density at radius 3 is 1.76 bits per heavy atom. The molecular formula is C31H51OP. The first-order chi connectivity index (χ1) is 15.0. The normalized spacial score (nSPS) is 22.7. The Morgan fingerprint density at radius 2 is 1.36 bits per heavy atom. The highest BCUT2D eigenvalue weighted by molar-refractivity contribution is 7.63. The molecule has 2 atom stereocenters. The molecule has 0 radical (unpaired) electrons. The predicted molar refractivity (Wildman–Crippen MR) is 151 cm³/mol. The Labute approximate surface area is 207 Å². The fraction of sp³-hybridized carbons (Fsp3) is 0.677. The van der Waals surface area contributed by atoms with Crippen LogP contribution < -0.4 is 0 Å². The predicted octanol–water partition coefficient (Wildman–Crippen LogP) is 9.67. The molecule has 2 rings (SSSR count). The van der Waals surface area contributed by atoms with Crippen molar-refractivity contribution in [2.24, 2.45) is 11.8 Å². The number of allylic oxidation sites excluding steroid dienone is 2. The highest BCUT2D eigenvalue weighted by atomic mass is 31.1. The lowest BCUT2D eigenvalue weighted by atomic mass is 9.68. The molecule has 0 amide bonds. The van der Waals surface area contributed by atoms with Gasteiger partial charge in [0.25, 0.3) is 0 Å². The zero-order valence-corrected chi connectivity index (χ0v) is 24.9. The molecule has 0 heterocycles. The van der Waals surface area contributed by atoms with E-state index in [1.165, 1.54) is 27.8 Å². The third kappa shape index (κ3) is 5.06. The molecule has 0 saturated heterocycles. The van der Waals surface area contributed by atoms with Crippen LogP contribution in [0.3, 0.4) is 0 Å². The van der Waals surface area contributed by atoms with Crippen molar-refractivity contribution in [1.82, 2.24) is 0 Å². The van der Waals surface area contributed by atoms with E-state index < -0.39 is 7.92 Å². The minimum Gasteiger partial charge on any atom is -0.376 e. The van der Waals surface area contributed by atoms with Crippen LogP contribution in [0.4, 0.5) is 0 Å². The minimum atomic E-state index is -0.526. The number of hydrogen-bond acceptors (Lipinski definition) is 1. The molecule has 0 fully saturated rings. The van der Waals surface area contributed by atoms with Crippen LogP contribution >= 0.6 is 7.92 Å². The molecule has 0 N–H and O–H groups in total. The zero-order valence-electron chi connectivity index (χ0n) is 24.1. The highest BCUT2D eigenvalue weighted by Gasteiger charge is 2.60. The first kappa shape index (κ1) is 28.3. The van der Waals surface area contributed by atoms with Gasteiger partial charge >= 0.3 is 0 Å². The smallest absolute Gasteiger partial charge is 0.0925 e. The average Bonchev–Trinajstić information content (AvgIpc) is 2.65. The van der Waals surface area contributed by atoms with E-state index in [2.05, 4.69) is 120 Å². The van der Waals surface area contributed by atoms with Gasteiger partial charge in [-0.1, -0.05) is 121 Å². The molecule has 0 aliphatic heterocycles. The van der Waals surface area contributed by atoms with Gasteiger partial charge in [0.2, 0.25) is 0 Å². The molecule has 0 spiro atoms. The molecular weight excluding hydrogens is 419 g/mol. The summed E-state index contributed by atoms with van der Waals surface area (Å²) >= 11 is 0. The fourth-order valence-electron chi connectivity index (χ4n) is 6.74. The van der Waals surface area contributed by atoms with Crippen molar-refractivity contribution in [3.8, 4) is 0 Å². The first-order valence-corrected chi connectivity index (χ1v) is 14.2. The van der Waals surface area contributed by atoms with E-state index in [4.69, 9.17) is 4.74 Å². The summed E-state index contributed by atoms with van der Waals surface area (Å²) in [6, 6.07) is 9.15. The summed E-state index contributed by atoms with van der Waals surface area (Å²) in [4.78, 5) is 0. The second-order valence-corrected chi connectivity index (χ2v) is 17.0. The van der Waals surface area contributed by atoms with Gasteiger partial charge in [0, 0.05) is 12.3 Å². The number of ether oxygens (including phenoxy) is 1. The molecule has 0 aromatic heterocycles. The number of rotatable bonds is 6. The van der Waals surface area contributed by atoms with Crippen LogP contribution in [0.1, 0.15) is 107 Å². The van der Waals surface area contributed by atoms with Gasteiger partial charge in [-0.2, -0.15) is 0 Å². The van der Waals surface area contributed by atoms with E-state index in [-0.39, 0.29) is 21.6 Å². The van der Waals surface area contributed by atoms with Crippen LogP contribution in [-0.2, 0) is 4.74 Å². The Kier molecular flexibility index (Phi) is 8.57. The zero-order chi connectivity index (χ0) is 25.5. The quantitative estimate of drug-likeness (QED) is 0.376. The maximum atomic E-state index is 6.63.